The fourth-order valence-corrected chi connectivity index (χ4v) is 3.59. The maximum atomic E-state index is 9.51. The lowest BCUT2D eigenvalue weighted by atomic mass is 10.1. The Bertz CT molecular complexity index is 1170. The largest absolute Gasteiger partial charge is 0.353 e. The molecule has 0 N–H and O–H groups in total. The van der Waals surface area contributed by atoms with E-state index in [9.17, 15) is 5.26 Å². The van der Waals surface area contributed by atoms with Gasteiger partial charge in [0.1, 0.15) is 5.82 Å². The van der Waals surface area contributed by atoms with Gasteiger partial charge in [-0.2, -0.15) is 10.4 Å². The standard InChI is InChI=1S/C21H18N8/c22-15-16-14-21(24-18-5-2-1-4-17(16)18)28-12-10-27(11-13-28)19-6-7-20(26-25-19)29-9-3-8-23-29/h1-9,14H,10-13H2. The van der Waals surface area contributed by atoms with E-state index in [-0.39, 0.29) is 0 Å². The lowest BCUT2D eigenvalue weighted by Crippen LogP contribution is -2.47. The van der Waals surface area contributed by atoms with Gasteiger partial charge in [0.15, 0.2) is 11.6 Å². The molecule has 1 aromatic carbocycles. The Balaban J connectivity index is 1.32. The number of nitrogens with zero attached hydrogens (tertiary/aromatic N) is 8. The third-order valence-corrected chi connectivity index (χ3v) is 5.13. The van der Waals surface area contributed by atoms with E-state index >= 15 is 0 Å². The zero-order valence-electron chi connectivity index (χ0n) is 15.7. The molecule has 29 heavy (non-hydrogen) atoms. The molecular formula is C21H18N8. The van der Waals surface area contributed by atoms with Crippen molar-refractivity contribution in [2.24, 2.45) is 0 Å². The van der Waals surface area contributed by atoms with E-state index in [1.54, 1.807) is 10.9 Å². The Kier molecular flexibility index (Phi) is 4.26. The molecule has 1 aliphatic heterocycles. The molecule has 8 nitrogen and oxygen atoms in total. The maximum Gasteiger partial charge on any atom is 0.175 e. The van der Waals surface area contributed by atoms with Crippen LogP contribution < -0.4 is 9.80 Å². The molecule has 4 aromatic rings. The van der Waals surface area contributed by atoms with Crippen LogP contribution in [0, 0.1) is 11.3 Å². The second-order valence-corrected chi connectivity index (χ2v) is 6.83. The number of aromatic nitrogens is 5. The highest BCUT2D eigenvalue weighted by atomic mass is 15.4. The average Bonchev–Trinajstić information content (AvgIpc) is 3.33. The summed E-state index contributed by atoms with van der Waals surface area (Å²) in [5.74, 6) is 2.39. The van der Waals surface area contributed by atoms with Crippen LogP contribution in [0.5, 0.6) is 0 Å². The van der Waals surface area contributed by atoms with Crippen molar-refractivity contribution in [3.63, 3.8) is 0 Å². The molecule has 0 bridgehead atoms. The molecule has 5 rings (SSSR count). The molecule has 4 heterocycles. The highest BCUT2D eigenvalue weighted by molar-refractivity contribution is 5.86. The van der Waals surface area contributed by atoms with Gasteiger partial charge in [-0.1, -0.05) is 18.2 Å². The predicted molar refractivity (Wildman–Crippen MR) is 110 cm³/mol. The number of nitriles is 1. The van der Waals surface area contributed by atoms with Gasteiger partial charge in [-0.15, -0.1) is 10.2 Å². The van der Waals surface area contributed by atoms with Crippen molar-refractivity contribution in [3.8, 4) is 11.9 Å². The third-order valence-electron chi connectivity index (χ3n) is 5.13. The van der Waals surface area contributed by atoms with Gasteiger partial charge in [0, 0.05) is 44.0 Å². The van der Waals surface area contributed by atoms with Gasteiger partial charge in [-0.05, 0) is 30.3 Å². The predicted octanol–water partition coefficient (Wildman–Crippen LogP) is 2.41. The Hall–Kier alpha value is -3.99. The highest BCUT2D eigenvalue weighted by Crippen LogP contribution is 2.24. The van der Waals surface area contributed by atoms with Crippen LogP contribution in [0.3, 0.4) is 0 Å². The molecule has 3 aromatic heterocycles. The lowest BCUT2D eigenvalue weighted by Gasteiger charge is -2.36. The SMILES string of the molecule is N#Cc1cc(N2CCN(c3ccc(-n4cccn4)nn3)CC2)nc2ccccc12. The van der Waals surface area contributed by atoms with Crippen LogP contribution in [0.4, 0.5) is 11.6 Å². The summed E-state index contributed by atoms with van der Waals surface area (Å²) >= 11 is 0. The van der Waals surface area contributed by atoms with Gasteiger partial charge in [-0.25, -0.2) is 9.67 Å². The smallest absolute Gasteiger partial charge is 0.175 e. The van der Waals surface area contributed by atoms with E-state index in [0.29, 0.717) is 11.4 Å². The molecule has 0 aliphatic carbocycles. The number of fused-ring (bicyclic) bond motifs is 1. The van der Waals surface area contributed by atoms with Crippen molar-refractivity contribution in [1.82, 2.24) is 25.0 Å². The molecular weight excluding hydrogens is 364 g/mol. The van der Waals surface area contributed by atoms with Crippen LogP contribution in [0.15, 0.2) is 60.9 Å². The molecule has 0 saturated carbocycles. The Labute approximate surface area is 167 Å². The van der Waals surface area contributed by atoms with E-state index < -0.39 is 0 Å². The van der Waals surface area contributed by atoms with Crippen molar-refractivity contribution < 1.29 is 0 Å². The van der Waals surface area contributed by atoms with Gasteiger partial charge in [0.05, 0.1) is 17.1 Å². The maximum absolute atomic E-state index is 9.51. The zero-order valence-corrected chi connectivity index (χ0v) is 15.7. The Morgan fingerprint density at radius 2 is 1.55 bits per heavy atom. The monoisotopic (exact) mass is 382 g/mol. The van der Waals surface area contributed by atoms with Crippen molar-refractivity contribution in [2.45, 2.75) is 0 Å². The van der Waals surface area contributed by atoms with Crippen molar-refractivity contribution in [1.29, 1.82) is 5.26 Å². The molecule has 0 atom stereocenters. The minimum atomic E-state index is 0.660. The van der Waals surface area contributed by atoms with Gasteiger partial charge in [-0.3, -0.25) is 0 Å². The summed E-state index contributed by atoms with van der Waals surface area (Å²) in [5, 5.41) is 23.2. The number of hydrogen-bond donors (Lipinski definition) is 0. The lowest BCUT2D eigenvalue weighted by molar-refractivity contribution is 0.637. The molecule has 1 aliphatic rings. The first kappa shape index (κ1) is 17.1. The normalized spacial score (nSPS) is 14.2. The average molecular weight is 382 g/mol. The van der Waals surface area contributed by atoms with Crippen LogP contribution in [0.2, 0.25) is 0 Å². The molecule has 0 unspecified atom stereocenters. The fraction of sp³-hybridized carbons (Fsp3) is 0.190. The third kappa shape index (κ3) is 3.23. The summed E-state index contributed by atoms with van der Waals surface area (Å²) in [4.78, 5) is 9.19. The first-order chi connectivity index (χ1) is 14.3. The molecule has 0 spiro atoms. The number of hydrogen-bond acceptors (Lipinski definition) is 7. The van der Waals surface area contributed by atoms with Crippen LogP contribution >= 0.6 is 0 Å². The minimum absolute atomic E-state index is 0.660. The van der Waals surface area contributed by atoms with Crippen LogP contribution in [0.25, 0.3) is 16.7 Å². The number of para-hydroxylation sites is 1. The van der Waals surface area contributed by atoms with Gasteiger partial charge >= 0.3 is 0 Å². The van der Waals surface area contributed by atoms with Gasteiger partial charge in [0.2, 0.25) is 0 Å². The van der Waals surface area contributed by atoms with E-state index in [1.807, 2.05) is 54.7 Å². The first-order valence-electron chi connectivity index (χ1n) is 9.45. The first-order valence-corrected chi connectivity index (χ1v) is 9.45. The molecule has 1 fully saturated rings. The van der Waals surface area contributed by atoms with Crippen molar-refractivity contribution in [3.05, 3.63) is 66.5 Å². The van der Waals surface area contributed by atoms with Crippen molar-refractivity contribution in [2.75, 3.05) is 36.0 Å². The molecule has 0 radical (unpaired) electrons. The molecule has 142 valence electrons. The zero-order chi connectivity index (χ0) is 19.6. The second kappa shape index (κ2) is 7.20. The number of rotatable bonds is 3. The number of benzene rings is 1. The number of pyridine rings is 1. The summed E-state index contributed by atoms with van der Waals surface area (Å²) in [6.07, 6.45) is 3.56. The second-order valence-electron chi connectivity index (χ2n) is 6.83. The minimum Gasteiger partial charge on any atom is -0.353 e. The fourth-order valence-electron chi connectivity index (χ4n) is 3.59. The summed E-state index contributed by atoms with van der Waals surface area (Å²) in [6.45, 7) is 3.23. The molecule has 0 amide bonds. The van der Waals surface area contributed by atoms with Crippen LogP contribution in [0.1, 0.15) is 5.56 Å². The van der Waals surface area contributed by atoms with E-state index in [0.717, 1.165) is 48.7 Å². The highest BCUT2D eigenvalue weighted by Gasteiger charge is 2.20. The van der Waals surface area contributed by atoms with Gasteiger partial charge < -0.3 is 9.80 Å². The number of piperazine rings is 1. The van der Waals surface area contributed by atoms with Crippen LogP contribution in [-0.4, -0.2) is 51.1 Å². The number of anilines is 2. The summed E-state index contributed by atoms with van der Waals surface area (Å²) in [6, 6.07) is 17.7. The van der Waals surface area contributed by atoms with E-state index in [4.69, 9.17) is 4.98 Å². The van der Waals surface area contributed by atoms with Crippen molar-refractivity contribution >= 4 is 22.5 Å². The Morgan fingerprint density at radius 3 is 2.24 bits per heavy atom. The summed E-state index contributed by atoms with van der Waals surface area (Å²) in [5.41, 5.74) is 1.51. The quantitative estimate of drug-likeness (QED) is 0.538. The van der Waals surface area contributed by atoms with E-state index in [2.05, 4.69) is 31.2 Å². The molecule has 1 saturated heterocycles. The summed E-state index contributed by atoms with van der Waals surface area (Å²) < 4.78 is 1.69. The van der Waals surface area contributed by atoms with Crippen LogP contribution in [-0.2, 0) is 0 Å². The van der Waals surface area contributed by atoms with E-state index in [1.165, 1.54) is 0 Å². The topological polar surface area (TPSA) is 86.8 Å². The Morgan fingerprint density at radius 1 is 0.828 bits per heavy atom. The molecule has 8 heteroatoms. The summed E-state index contributed by atoms with van der Waals surface area (Å²) in [7, 11) is 0. The van der Waals surface area contributed by atoms with Gasteiger partial charge in [0.25, 0.3) is 0 Å².